The molecule has 0 heterocycles. The van der Waals surface area contributed by atoms with Gasteiger partial charge in [-0.25, -0.2) is 0 Å². The van der Waals surface area contributed by atoms with Gasteiger partial charge in [-0.3, -0.25) is 0 Å². The molecule has 1 N–H and O–H groups in total. The maximum absolute atomic E-state index is 6.14. The van der Waals surface area contributed by atoms with E-state index in [-0.39, 0.29) is 0 Å². The summed E-state index contributed by atoms with van der Waals surface area (Å²) in [4.78, 5) is 0. The van der Waals surface area contributed by atoms with Gasteiger partial charge < -0.3 is 5.32 Å². The van der Waals surface area contributed by atoms with Gasteiger partial charge in [-0.2, -0.15) is 0 Å². The van der Waals surface area contributed by atoms with Crippen LogP contribution in [0.2, 0.25) is 15.1 Å². The molecule has 0 bridgehead atoms. The van der Waals surface area contributed by atoms with Crippen LogP contribution in [0.25, 0.3) is 0 Å². The van der Waals surface area contributed by atoms with E-state index < -0.39 is 0 Å². The first kappa shape index (κ1) is 14.1. The lowest BCUT2D eigenvalue weighted by Gasteiger charge is -2.11. The molecule has 1 aliphatic rings. The van der Waals surface area contributed by atoms with Crippen LogP contribution < -0.4 is 5.32 Å². The number of rotatable bonds is 4. The molecule has 0 spiro atoms. The van der Waals surface area contributed by atoms with Crippen LogP contribution in [0, 0.1) is 0 Å². The first-order valence-corrected chi connectivity index (χ1v) is 7.74. The molecule has 1 nitrogen and oxygen atoms in total. The van der Waals surface area contributed by atoms with E-state index in [2.05, 4.69) is 29.6 Å². The molecular formula is C16H14Cl3N. The summed E-state index contributed by atoms with van der Waals surface area (Å²) in [6.07, 6.45) is 2.65. The molecule has 20 heavy (non-hydrogen) atoms. The topological polar surface area (TPSA) is 12.0 Å². The highest BCUT2D eigenvalue weighted by atomic mass is 35.5. The average Bonchev–Trinajstić information content (AvgIpc) is 3.22. The van der Waals surface area contributed by atoms with Gasteiger partial charge in [0.05, 0.1) is 15.7 Å². The van der Waals surface area contributed by atoms with Crippen molar-refractivity contribution in [3.05, 3.63) is 62.6 Å². The molecule has 1 fully saturated rings. The first-order valence-electron chi connectivity index (χ1n) is 6.61. The van der Waals surface area contributed by atoms with Crippen molar-refractivity contribution < 1.29 is 0 Å². The summed E-state index contributed by atoms with van der Waals surface area (Å²) in [5, 5.41) is 4.89. The van der Waals surface area contributed by atoms with E-state index >= 15 is 0 Å². The minimum absolute atomic E-state index is 0.539. The van der Waals surface area contributed by atoms with E-state index in [1.165, 1.54) is 24.0 Å². The maximum atomic E-state index is 6.14. The fourth-order valence-corrected chi connectivity index (χ4v) is 3.18. The zero-order chi connectivity index (χ0) is 14.1. The summed E-state index contributed by atoms with van der Waals surface area (Å²) in [5.74, 6) is 0.789. The Hall–Kier alpha value is -0.890. The average molecular weight is 327 g/mol. The van der Waals surface area contributed by atoms with E-state index in [0.717, 1.165) is 11.6 Å². The minimum atomic E-state index is 0.539. The van der Waals surface area contributed by atoms with Crippen molar-refractivity contribution in [1.29, 1.82) is 0 Å². The van der Waals surface area contributed by atoms with Crippen molar-refractivity contribution >= 4 is 40.5 Å². The monoisotopic (exact) mass is 325 g/mol. The largest absolute Gasteiger partial charge is 0.379 e. The highest BCUT2D eigenvalue weighted by Gasteiger charge is 2.22. The van der Waals surface area contributed by atoms with E-state index in [9.17, 15) is 0 Å². The Morgan fingerprint density at radius 3 is 2.10 bits per heavy atom. The normalized spacial score (nSPS) is 14.3. The fourth-order valence-electron chi connectivity index (χ4n) is 2.23. The third-order valence-electron chi connectivity index (χ3n) is 3.50. The number of hydrogen-bond acceptors (Lipinski definition) is 1. The van der Waals surface area contributed by atoms with E-state index in [4.69, 9.17) is 34.8 Å². The zero-order valence-corrected chi connectivity index (χ0v) is 13.1. The van der Waals surface area contributed by atoms with Crippen molar-refractivity contribution in [3.8, 4) is 0 Å². The van der Waals surface area contributed by atoms with Crippen molar-refractivity contribution in [1.82, 2.24) is 0 Å². The van der Waals surface area contributed by atoms with Crippen LogP contribution in [-0.2, 0) is 6.54 Å². The molecule has 104 valence electrons. The fraction of sp³-hybridized carbons (Fsp3) is 0.250. The van der Waals surface area contributed by atoms with Crippen LogP contribution in [0.1, 0.15) is 29.9 Å². The molecule has 1 aliphatic carbocycles. The van der Waals surface area contributed by atoms with E-state index in [1.54, 1.807) is 12.1 Å². The van der Waals surface area contributed by atoms with Gasteiger partial charge in [0.1, 0.15) is 0 Å². The van der Waals surface area contributed by atoms with Crippen molar-refractivity contribution in [3.63, 3.8) is 0 Å². The lowest BCUT2D eigenvalue weighted by molar-refractivity contribution is 1.10. The molecule has 3 rings (SSSR count). The van der Waals surface area contributed by atoms with E-state index in [0.29, 0.717) is 21.6 Å². The molecule has 0 aliphatic heterocycles. The molecular weight excluding hydrogens is 313 g/mol. The standard InChI is InChI=1S/C16H14Cl3N/c17-13-7-14(18)16(15(19)8-13)20-9-10-1-3-11(4-2-10)12-5-6-12/h1-4,7-8,12,20H,5-6,9H2. The van der Waals surface area contributed by atoms with Gasteiger partial charge in [0.2, 0.25) is 0 Å². The lowest BCUT2D eigenvalue weighted by Crippen LogP contribution is -2.00. The molecule has 2 aromatic carbocycles. The Bertz CT molecular complexity index is 595. The summed E-state index contributed by atoms with van der Waals surface area (Å²) >= 11 is 18.2. The van der Waals surface area contributed by atoms with Crippen LogP contribution in [-0.4, -0.2) is 0 Å². The van der Waals surface area contributed by atoms with Crippen molar-refractivity contribution in [2.45, 2.75) is 25.3 Å². The SMILES string of the molecule is Clc1cc(Cl)c(NCc2ccc(C3CC3)cc2)c(Cl)c1. The number of hydrogen-bond donors (Lipinski definition) is 1. The molecule has 0 unspecified atom stereocenters. The predicted molar refractivity (Wildman–Crippen MR) is 87.2 cm³/mol. The van der Waals surface area contributed by atoms with E-state index in [1.807, 2.05) is 0 Å². The Balaban J connectivity index is 1.69. The highest BCUT2D eigenvalue weighted by molar-refractivity contribution is 6.41. The number of halogens is 3. The number of benzene rings is 2. The van der Waals surface area contributed by atoms with Crippen LogP contribution in [0.15, 0.2) is 36.4 Å². The molecule has 1 saturated carbocycles. The van der Waals surface area contributed by atoms with Crippen molar-refractivity contribution in [2.24, 2.45) is 0 Å². The van der Waals surface area contributed by atoms with Crippen LogP contribution in [0.5, 0.6) is 0 Å². The summed E-state index contributed by atoms with van der Waals surface area (Å²) in [6, 6.07) is 12.1. The second-order valence-corrected chi connectivity index (χ2v) is 6.36. The van der Waals surface area contributed by atoms with Gasteiger partial charge in [-0.1, -0.05) is 59.1 Å². The third kappa shape index (κ3) is 3.22. The first-order chi connectivity index (χ1) is 9.63. The molecule has 0 radical (unpaired) electrons. The summed E-state index contributed by atoms with van der Waals surface area (Å²) in [7, 11) is 0. The molecule has 0 aromatic heterocycles. The summed E-state index contributed by atoms with van der Waals surface area (Å²) in [5.41, 5.74) is 3.37. The van der Waals surface area contributed by atoms with Crippen LogP contribution >= 0.6 is 34.8 Å². The van der Waals surface area contributed by atoms with Crippen molar-refractivity contribution in [2.75, 3.05) is 5.32 Å². The lowest BCUT2D eigenvalue weighted by atomic mass is 10.1. The predicted octanol–water partition coefficient (Wildman–Crippen LogP) is 6.14. The smallest absolute Gasteiger partial charge is 0.0722 e. The Labute approximate surface area is 133 Å². The Morgan fingerprint density at radius 1 is 0.950 bits per heavy atom. The third-order valence-corrected chi connectivity index (χ3v) is 4.32. The van der Waals surface area contributed by atoms with Gasteiger partial charge >= 0.3 is 0 Å². The highest BCUT2D eigenvalue weighted by Crippen LogP contribution is 2.40. The molecule has 2 aromatic rings. The number of anilines is 1. The molecule has 0 saturated heterocycles. The molecule has 0 amide bonds. The summed E-state index contributed by atoms with van der Waals surface area (Å²) < 4.78 is 0. The summed E-state index contributed by atoms with van der Waals surface area (Å²) in [6.45, 7) is 0.687. The Kier molecular flexibility index (Phi) is 4.11. The zero-order valence-electron chi connectivity index (χ0n) is 10.8. The minimum Gasteiger partial charge on any atom is -0.379 e. The van der Waals surface area contributed by atoms with Crippen LogP contribution in [0.3, 0.4) is 0 Å². The number of nitrogens with one attached hydrogen (secondary N) is 1. The van der Waals surface area contributed by atoms with Gasteiger partial charge in [0.15, 0.2) is 0 Å². The second-order valence-electron chi connectivity index (χ2n) is 5.11. The van der Waals surface area contributed by atoms with Crippen LogP contribution in [0.4, 0.5) is 5.69 Å². The van der Waals surface area contributed by atoms with Gasteiger partial charge in [-0.05, 0) is 42.0 Å². The molecule has 0 atom stereocenters. The second kappa shape index (κ2) is 5.85. The quantitative estimate of drug-likeness (QED) is 0.712. The van der Waals surface area contributed by atoms with Gasteiger partial charge in [-0.15, -0.1) is 0 Å². The van der Waals surface area contributed by atoms with Gasteiger partial charge in [0, 0.05) is 11.6 Å². The Morgan fingerprint density at radius 2 is 1.55 bits per heavy atom. The maximum Gasteiger partial charge on any atom is 0.0722 e. The molecule has 4 heteroatoms. The van der Waals surface area contributed by atoms with Gasteiger partial charge in [0.25, 0.3) is 0 Å².